The Kier molecular flexibility index (Phi) is 4.96. The first-order valence-corrected chi connectivity index (χ1v) is 12.6. The van der Waals surface area contributed by atoms with Crippen LogP contribution >= 0.6 is 11.8 Å². The lowest BCUT2D eigenvalue weighted by molar-refractivity contribution is -0.160. The van der Waals surface area contributed by atoms with Crippen molar-refractivity contribution in [3.05, 3.63) is 23.3 Å². The van der Waals surface area contributed by atoms with Crippen molar-refractivity contribution < 1.29 is 23.9 Å². The smallest absolute Gasteiger partial charge is 0.315 e. The number of carbonyl (C=O) groups excluding carboxylic acids is 3. The van der Waals surface area contributed by atoms with E-state index in [0.717, 1.165) is 38.5 Å². The number of esters is 2. The molecule has 0 bridgehead atoms. The molecule has 0 aromatic carbocycles. The minimum atomic E-state index is -0.339. The fourth-order valence-electron chi connectivity index (χ4n) is 7.49. The Balaban J connectivity index is 1.56. The fraction of sp³-hybridized carbons (Fsp3) is 0.720. The zero-order valence-corrected chi connectivity index (χ0v) is 19.5. The lowest BCUT2D eigenvalue weighted by atomic mass is 9.50. The van der Waals surface area contributed by atoms with Crippen LogP contribution < -0.4 is 0 Å². The van der Waals surface area contributed by atoms with Gasteiger partial charge < -0.3 is 9.47 Å². The summed E-state index contributed by atoms with van der Waals surface area (Å²) >= 11 is 1.68. The topological polar surface area (TPSA) is 69.7 Å². The molecule has 1 spiro atoms. The average Bonchev–Trinajstić information content (AvgIpc) is 3.27. The zero-order chi connectivity index (χ0) is 22.0. The monoisotopic (exact) mass is 444 g/mol. The van der Waals surface area contributed by atoms with Crippen LogP contribution in [0.25, 0.3) is 0 Å². The van der Waals surface area contributed by atoms with Crippen LogP contribution in [0.15, 0.2) is 23.3 Å². The Morgan fingerprint density at radius 1 is 1.23 bits per heavy atom. The van der Waals surface area contributed by atoms with Gasteiger partial charge in [0, 0.05) is 28.9 Å². The van der Waals surface area contributed by atoms with Gasteiger partial charge in [0.15, 0.2) is 5.78 Å². The van der Waals surface area contributed by atoms with Crippen molar-refractivity contribution in [2.45, 2.75) is 76.1 Å². The standard InChI is InChI=1S/C25H32O5S/c1-23-8-4-16(26)12-15(23)13-19(31-14-21(28)29-3)22-17(23)5-9-24(2)18(22)6-10-25(24)11-7-20(27)30-25/h5,12,18-19,22H,4,6-11,13-14H2,1-3H3/t18?,19-,22?,23+,24+,25-/m1/s1. The number of thioether (sulfide) groups is 1. The molecule has 4 aliphatic carbocycles. The minimum Gasteiger partial charge on any atom is -0.468 e. The van der Waals surface area contributed by atoms with E-state index in [0.29, 0.717) is 30.4 Å². The van der Waals surface area contributed by atoms with Gasteiger partial charge in [0.1, 0.15) is 5.60 Å². The first kappa shape index (κ1) is 21.3. The van der Waals surface area contributed by atoms with Gasteiger partial charge >= 0.3 is 11.9 Å². The number of carbonyl (C=O) groups is 3. The molecule has 168 valence electrons. The van der Waals surface area contributed by atoms with Crippen LogP contribution in [0.4, 0.5) is 0 Å². The third-order valence-corrected chi connectivity index (χ3v) is 10.6. The molecule has 6 heteroatoms. The van der Waals surface area contributed by atoms with E-state index >= 15 is 0 Å². The summed E-state index contributed by atoms with van der Waals surface area (Å²) in [7, 11) is 1.43. The van der Waals surface area contributed by atoms with Crippen molar-refractivity contribution in [2.24, 2.45) is 22.7 Å². The van der Waals surface area contributed by atoms with Crippen LogP contribution in [0.5, 0.6) is 0 Å². The Hall–Kier alpha value is -1.56. The molecule has 3 fully saturated rings. The maximum Gasteiger partial charge on any atom is 0.315 e. The van der Waals surface area contributed by atoms with E-state index in [2.05, 4.69) is 19.9 Å². The molecule has 0 N–H and O–H groups in total. The molecular weight excluding hydrogens is 412 g/mol. The quantitative estimate of drug-likeness (QED) is 0.475. The highest BCUT2D eigenvalue weighted by atomic mass is 32.2. The summed E-state index contributed by atoms with van der Waals surface area (Å²) < 4.78 is 11.0. The van der Waals surface area contributed by atoms with E-state index in [9.17, 15) is 14.4 Å². The predicted octanol–water partition coefficient (Wildman–Crippen LogP) is 4.40. The predicted molar refractivity (Wildman–Crippen MR) is 118 cm³/mol. The van der Waals surface area contributed by atoms with Gasteiger partial charge in [-0.2, -0.15) is 0 Å². The van der Waals surface area contributed by atoms with Gasteiger partial charge in [-0.25, -0.2) is 0 Å². The number of allylic oxidation sites excluding steroid dienone is 4. The number of hydrogen-bond acceptors (Lipinski definition) is 6. The van der Waals surface area contributed by atoms with E-state index in [-0.39, 0.29) is 39.4 Å². The fourth-order valence-corrected chi connectivity index (χ4v) is 8.80. The van der Waals surface area contributed by atoms with Crippen LogP contribution in [0.2, 0.25) is 0 Å². The van der Waals surface area contributed by atoms with Crippen molar-refractivity contribution in [2.75, 3.05) is 12.9 Å². The van der Waals surface area contributed by atoms with Crippen LogP contribution in [0.1, 0.15) is 65.2 Å². The highest BCUT2D eigenvalue weighted by molar-refractivity contribution is 8.00. The summed E-state index contributed by atoms with van der Waals surface area (Å²) in [4.78, 5) is 36.3. The molecule has 1 aliphatic heterocycles. The number of methoxy groups -OCH3 is 1. The van der Waals surface area contributed by atoms with Gasteiger partial charge in [-0.1, -0.05) is 31.1 Å². The summed E-state index contributed by atoms with van der Waals surface area (Å²) in [5.74, 6) is 1.05. The Bertz CT molecular complexity index is 906. The van der Waals surface area contributed by atoms with Crippen molar-refractivity contribution in [1.82, 2.24) is 0 Å². The molecule has 1 heterocycles. The molecule has 6 atom stereocenters. The van der Waals surface area contributed by atoms with Crippen molar-refractivity contribution >= 4 is 29.5 Å². The maximum atomic E-state index is 12.2. The van der Waals surface area contributed by atoms with Gasteiger partial charge in [0.05, 0.1) is 12.9 Å². The molecule has 0 amide bonds. The van der Waals surface area contributed by atoms with Gasteiger partial charge in [-0.05, 0) is 56.4 Å². The van der Waals surface area contributed by atoms with Crippen LogP contribution in [0.3, 0.4) is 0 Å². The summed E-state index contributed by atoms with van der Waals surface area (Å²) in [6.07, 6.45) is 10.9. The Labute approximate surface area is 188 Å². The maximum absolute atomic E-state index is 12.2. The Morgan fingerprint density at radius 2 is 2.03 bits per heavy atom. The zero-order valence-electron chi connectivity index (χ0n) is 18.7. The molecule has 2 unspecified atom stereocenters. The van der Waals surface area contributed by atoms with Crippen molar-refractivity contribution in [3.8, 4) is 0 Å². The SMILES string of the molecule is COC(=O)CS[C@@H]1CC2=CC(=O)CC[C@]2(C)C2=CC[C@@]3(C)C(CC[C@@]34CCC(=O)O4)C21. The summed E-state index contributed by atoms with van der Waals surface area (Å²) in [5.41, 5.74) is 2.22. The number of rotatable bonds is 3. The first-order valence-electron chi connectivity index (χ1n) is 11.6. The highest BCUT2D eigenvalue weighted by Crippen LogP contribution is 2.69. The van der Waals surface area contributed by atoms with Crippen LogP contribution in [-0.4, -0.2) is 41.4 Å². The highest BCUT2D eigenvalue weighted by Gasteiger charge is 2.66. The van der Waals surface area contributed by atoms with Gasteiger partial charge in [-0.3, -0.25) is 14.4 Å². The van der Waals surface area contributed by atoms with E-state index in [1.807, 2.05) is 6.08 Å². The molecule has 5 nitrogen and oxygen atoms in total. The van der Waals surface area contributed by atoms with Crippen LogP contribution in [-0.2, 0) is 23.9 Å². The summed E-state index contributed by atoms with van der Waals surface area (Å²) in [6, 6.07) is 0. The largest absolute Gasteiger partial charge is 0.468 e. The molecule has 5 rings (SSSR count). The van der Waals surface area contributed by atoms with Gasteiger partial charge in [0.25, 0.3) is 0 Å². The van der Waals surface area contributed by atoms with Crippen LogP contribution in [0, 0.1) is 22.7 Å². The normalized spacial score (nSPS) is 43.5. The number of fused-ring (bicyclic) bond motifs is 6. The Morgan fingerprint density at radius 3 is 2.74 bits per heavy atom. The molecule has 0 radical (unpaired) electrons. The molecule has 0 aromatic rings. The van der Waals surface area contributed by atoms with Crippen molar-refractivity contribution in [1.29, 1.82) is 0 Å². The third kappa shape index (κ3) is 3.00. The number of hydrogen-bond donors (Lipinski definition) is 0. The molecule has 0 aromatic heterocycles. The van der Waals surface area contributed by atoms with E-state index in [1.54, 1.807) is 11.8 Å². The molecule has 2 saturated carbocycles. The number of ether oxygens (including phenoxy) is 2. The second-order valence-electron chi connectivity index (χ2n) is 10.5. The van der Waals surface area contributed by atoms with E-state index in [4.69, 9.17) is 9.47 Å². The first-order chi connectivity index (χ1) is 14.7. The summed E-state index contributed by atoms with van der Waals surface area (Å²) in [6.45, 7) is 4.64. The van der Waals surface area contributed by atoms with Crippen molar-refractivity contribution in [3.63, 3.8) is 0 Å². The lowest BCUT2D eigenvalue weighted by Gasteiger charge is -2.57. The third-order valence-electron chi connectivity index (χ3n) is 9.32. The lowest BCUT2D eigenvalue weighted by Crippen LogP contribution is -2.53. The summed E-state index contributed by atoms with van der Waals surface area (Å²) in [5, 5.41) is 0.229. The van der Waals surface area contributed by atoms with Gasteiger partial charge in [-0.15, -0.1) is 11.8 Å². The molecule has 5 aliphatic rings. The number of ketones is 1. The van der Waals surface area contributed by atoms with Gasteiger partial charge in [0.2, 0.25) is 0 Å². The minimum absolute atomic E-state index is 0.0557. The average molecular weight is 445 g/mol. The second kappa shape index (κ2) is 7.23. The second-order valence-corrected chi connectivity index (χ2v) is 11.7. The van der Waals surface area contributed by atoms with E-state index < -0.39 is 0 Å². The molecule has 1 saturated heterocycles. The molecule has 31 heavy (non-hydrogen) atoms. The van der Waals surface area contributed by atoms with E-state index in [1.165, 1.54) is 18.3 Å². The molecular formula is C25H32O5S.